The number of hydrogen-bond donors (Lipinski definition) is 0. The third-order valence-corrected chi connectivity index (χ3v) is 3.25. The number of likely N-dealkylation sites (tertiary alicyclic amines) is 1. The highest BCUT2D eigenvalue weighted by Gasteiger charge is 2.19. The van der Waals surface area contributed by atoms with Gasteiger partial charge in [0.05, 0.1) is 6.61 Å². The Labute approximate surface area is 96.8 Å². The van der Waals surface area contributed by atoms with Gasteiger partial charge < -0.3 is 9.64 Å². The molecule has 1 aliphatic heterocycles. The average Bonchev–Trinajstić information content (AvgIpc) is 2.28. The van der Waals surface area contributed by atoms with Gasteiger partial charge in [-0.2, -0.15) is 0 Å². The van der Waals surface area contributed by atoms with Crippen LogP contribution in [0.1, 0.15) is 25.7 Å². The van der Waals surface area contributed by atoms with Crippen molar-refractivity contribution >= 4 is 0 Å². The molecule has 2 rings (SSSR count). The van der Waals surface area contributed by atoms with E-state index < -0.39 is 0 Å². The van der Waals surface area contributed by atoms with Crippen molar-refractivity contribution < 1.29 is 9.13 Å². The summed E-state index contributed by atoms with van der Waals surface area (Å²) < 4.78 is 18.9. The second-order valence-corrected chi connectivity index (χ2v) is 4.78. The molecule has 0 amide bonds. The number of nitrogens with zero attached hydrogens (tertiary/aromatic N) is 1. The lowest BCUT2D eigenvalue weighted by atomic mass is 9.99. The summed E-state index contributed by atoms with van der Waals surface area (Å²) in [5.41, 5.74) is 0. The summed E-state index contributed by atoms with van der Waals surface area (Å²) in [4.78, 5) is 2.32. The highest BCUT2D eigenvalue weighted by Crippen LogP contribution is 2.23. The van der Waals surface area contributed by atoms with Gasteiger partial charge in [-0.3, -0.25) is 0 Å². The summed E-state index contributed by atoms with van der Waals surface area (Å²) in [5, 5.41) is 0. The molecule has 0 N–H and O–H groups in total. The van der Waals surface area contributed by atoms with Crippen LogP contribution in [0, 0.1) is 5.92 Å². The molecule has 2 aliphatic rings. The number of halogens is 1. The lowest BCUT2D eigenvalue weighted by Gasteiger charge is -2.29. The third kappa shape index (κ3) is 3.08. The van der Waals surface area contributed by atoms with Crippen LogP contribution < -0.4 is 0 Å². The molecule has 0 aromatic carbocycles. The predicted octanol–water partition coefficient (Wildman–Crippen LogP) is 2.88. The Morgan fingerprint density at radius 3 is 3.00 bits per heavy atom. The first-order valence-corrected chi connectivity index (χ1v) is 6.13. The highest BCUT2D eigenvalue weighted by molar-refractivity contribution is 5.22. The van der Waals surface area contributed by atoms with E-state index in [0.29, 0.717) is 18.3 Å². The Balaban J connectivity index is 1.78. The zero-order valence-electron chi connectivity index (χ0n) is 9.92. The fraction of sp³-hybridized carbons (Fsp3) is 0.692. The highest BCUT2D eigenvalue weighted by atomic mass is 19.1. The number of hydrogen-bond acceptors (Lipinski definition) is 2. The van der Waals surface area contributed by atoms with Crippen LogP contribution in [0.15, 0.2) is 23.7 Å². The van der Waals surface area contributed by atoms with Gasteiger partial charge in [0.1, 0.15) is 0 Å². The van der Waals surface area contributed by atoms with Crippen LogP contribution in [0.5, 0.6) is 0 Å². The van der Waals surface area contributed by atoms with Crippen molar-refractivity contribution in [3.63, 3.8) is 0 Å². The molecule has 1 saturated heterocycles. The minimum absolute atomic E-state index is 0.185. The lowest BCUT2D eigenvalue weighted by Crippen LogP contribution is -2.34. The maximum Gasteiger partial charge on any atom is 0.160 e. The molecule has 0 aromatic heterocycles. The number of piperidine rings is 1. The zero-order chi connectivity index (χ0) is 11.4. The van der Waals surface area contributed by atoms with Crippen molar-refractivity contribution in [1.29, 1.82) is 0 Å². The number of allylic oxidation sites excluding steroid dienone is 3. The first-order chi connectivity index (χ1) is 7.75. The second-order valence-electron chi connectivity index (χ2n) is 4.78. The Hall–Kier alpha value is -0.830. The van der Waals surface area contributed by atoms with Gasteiger partial charge in [-0.25, -0.2) is 4.39 Å². The normalized spacial score (nSPS) is 27.2. The molecular formula is C13H20FNO. The fourth-order valence-electron chi connectivity index (χ4n) is 2.37. The van der Waals surface area contributed by atoms with Crippen molar-refractivity contribution in [3.8, 4) is 0 Å². The molecular weight excluding hydrogens is 205 g/mol. The second kappa shape index (κ2) is 5.48. The van der Waals surface area contributed by atoms with Crippen molar-refractivity contribution in [2.75, 3.05) is 26.7 Å². The van der Waals surface area contributed by atoms with E-state index in [1.807, 2.05) is 6.08 Å². The molecule has 1 aliphatic carbocycles. The van der Waals surface area contributed by atoms with Gasteiger partial charge >= 0.3 is 0 Å². The van der Waals surface area contributed by atoms with Gasteiger partial charge in [-0.15, -0.1) is 0 Å². The molecule has 0 saturated carbocycles. The van der Waals surface area contributed by atoms with Crippen LogP contribution in [0.4, 0.5) is 4.39 Å². The van der Waals surface area contributed by atoms with E-state index in [2.05, 4.69) is 11.9 Å². The van der Waals surface area contributed by atoms with Gasteiger partial charge in [0, 0.05) is 12.5 Å². The molecule has 1 unspecified atom stereocenters. The van der Waals surface area contributed by atoms with Crippen LogP contribution in [0.3, 0.4) is 0 Å². The third-order valence-electron chi connectivity index (χ3n) is 3.25. The maximum atomic E-state index is 13.3. The molecule has 3 heteroatoms. The van der Waals surface area contributed by atoms with E-state index in [4.69, 9.17) is 4.74 Å². The molecule has 0 bridgehead atoms. The van der Waals surface area contributed by atoms with E-state index in [0.717, 1.165) is 19.4 Å². The molecule has 0 radical (unpaired) electrons. The monoisotopic (exact) mass is 225 g/mol. The Morgan fingerprint density at radius 1 is 1.44 bits per heavy atom. The molecule has 90 valence electrons. The van der Waals surface area contributed by atoms with Crippen molar-refractivity contribution in [3.05, 3.63) is 23.7 Å². The molecule has 1 atom stereocenters. The summed E-state index contributed by atoms with van der Waals surface area (Å²) >= 11 is 0. The van der Waals surface area contributed by atoms with Gasteiger partial charge in [0.15, 0.2) is 11.6 Å². The summed E-state index contributed by atoms with van der Waals surface area (Å²) in [5.74, 6) is 0.823. The average molecular weight is 225 g/mol. The quantitative estimate of drug-likeness (QED) is 0.732. The molecule has 1 fully saturated rings. The minimum atomic E-state index is -0.185. The van der Waals surface area contributed by atoms with E-state index in [9.17, 15) is 4.39 Å². The largest absolute Gasteiger partial charge is 0.491 e. The Morgan fingerprint density at radius 2 is 2.25 bits per heavy atom. The molecule has 2 nitrogen and oxygen atoms in total. The minimum Gasteiger partial charge on any atom is -0.491 e. The van der Waals surface area contributed by atoms with E-state index in [1.165, 1.54) is 19.4 Å². The molecule has 0 spiro atoms. The summed E-state index contributed by atoms with van der Waals surface area (Å²) in [6.07, 6.45) is 7.59. The smallest absolute Gasteiger partial charge is 0.160 e. The summed E-state index contributed by atoms with van der Waals surface area (Å²) in [6, 6.07) is 0. The van der Waals surface area contributed by atoms with Gasteiger partial charge in [0.2, 0.25) is 0 Å². The van der Waals surface area contributed by atoms with Crippen LogP contribution in [-0.2, 0) is 4.74 Å². The van der Waals surface area contributed by atoms with Crippen LogP contribution in [0.25, 0.3) is 0 Å². The van der Waals surface area contributed by atoms with Crippen molar-refractivity contribution in [2.45, 2.75) is 25.7 Å². The lowest BCUT2D eigenvalue weighted by molar-refractivity contribution is 0.108. The molecule has 0 aromatic rings. The standard InChI is InChI=1S/C13H20FNO/c1-15-8-4-5-11(9-15)10-16-13-7-3-2-6-12(13)14/h6-7,11H,2-5,8-10H2,1H3. The Bertz CT molecular complexity index is 298. The number of ether oxygens (including phenoxy) is 1. The van der Waals surface area contributed by atoms with Gasteiger partial charge in [-0.1, -0.05) is 0 Å². The molecule has 1 heterocycles. The molecule has 16 heavy (non-hydrogen) atoms. The van der Waals surface area contributed by atoms with Crippen LogP contribution in [-0.4, -0.2) is 31.6 Å². The summed E-state index contributed by atoms with van der Waals surface area (Å²) in [7, 11) is 2.13. The first kappa shape index (κ1) is 11.6. The predicted molar refractivity (Wildman–Crippen MR) is 62.7 cm³/mol. The summed E-state index contributed by atoms with van der Waals surface area (Å²) in [6.45, 7) is 2.89. The number of rotatable bonds is 3. The SMILES string of the molecule is CN1CCCC(COC2=CCCC=C2F)C1. The first-order valence-electron chi connectivity index (χ1n) is 6.13. The topological polar surface area (TPSA) is 12.5 Å². The van der Waals surface area contributed by atoms with Crippen LogP contribution >= 0.6 is 0 Å². The van der Waals surface area contributed by atoms with Gasteiger partial charge in [0.25, 0.3) is 0 Å². The fourth-order valence-corrected chi connectivity index (χ4v) is 2.37. The van der Waals surface area contributed by atoms with E-state index >= 15 is 0 Å². The van der Waals surface area contributed by atoms with Crippen molar-refractivity contribution in [2.24, 2.45) is 5.92 Å². The van der Waals surface area contributed by atoms with Gasteiger partial charge in [-0.05, 0) is 51.4 Å². The maximum absolute atomic E-state index is 13.3. The Kier molecular flexibility index (Phi) is 3.99. The van der Waals surface area contributed by atoms with Crippen molar-refractivity contribution in [1.82, 2.24) is 4.90 Å². The van der Waals surface area contributed by atoms with E-state index in [-0.39, 0.29) is 5.83 Å². The van der Waals surface area contributed by atoms with Crippen LogP contribution in [0.2, 0.25) is 0 Å². The zero-order valence-corrected chi connectivity index (χ0v) is 9.92. The van der Waals surface area contributed by atoms with E-state index in [1.54, 1.807) is 6.08 Å².